The topological polar surface area (TPSA) is 17.1 Å². The van der Waals surface area contributed by atoms with Crippen LogP contribution in [0.15, 0.2) is 29.6 Å². The van der Waals surface area contributed by atoms with E-state index in [-0.39, 0.29) is 5.92 Å². The lowest BCUT2D eigenvalue weighted by Crippen LogP contribution is -2.26. The Kier molecular flexibility index (Phi) is 3.22. The Morgan fingerprint density at radius 1 is 1.21 bits per heavy atom. The number of benzene rings is 1. The van der Waals surface area contributed by atoms with Gasteiger partial charge in [0.15, 0.2) is 5.78 Å². The zero-order valence-corrected chi connectivity index (χ0v) is 12.4. The average Bonchev–Trinajstić information content (AvgIpc) is 2.86. The lowest BCUT2D eigenvalue weighted by Gasteiger charge is -2.33. The third kappa shape index (κ3) is 2.46. The van der Waals surface area contributed by atoms with Gasteiger partial charge in [-0.25, -0.2) is 0 Å². The Morgan fingerprint density at radius 2 is 1.95 bits per heavy atom. The van der Waals surface area contributed by atoms with E-state index in [2.05, 4.69) is 31.4 Å². The quantitative estimate of drug-likeness (QED) is 0.678. The van der Waals surface area contributed by atoms with Crippen molar-refractivity contribution >= 4 is 27.2 Å². The van der Waals surface area contributed by atoms with Crippen molar-refractivity contribution in [1.29, 1.82) is 0 Å². The number of hydrogen-bond acceptors (Lipinski definition) is 2. The summed E-state index contributed by atoms with van der Waals surface area (Å²) < 4.78 is 1.16. The van der Waals surface area contributed by atoms with Gasteiger partial charge in [-0.1, -0.05) is 26.0 Å². The molecule has 1 aliphatic carbocycles. The fraction of sp³-hybridized carbons (Fsp3) is 0.471. The smallest absolute Gasteiger partial charge is 0.167 e. The van der Waals surface area contributed by atoms with Crippen LogP contribution in [0.5, 0.6) is 0 Å². The minimum atomic E-state index is 0.237. The Bertz CT molecular complexity index is 599. The summed E-state index contributed by atoms with van der Waals surface area (Å²) >= 11 is 1.69. The van der Waals surface area contributed by atoms with Gasteiger partial charge in [-0.3, -0.25) is 4.79 Å². The fourth-order valence-corrected chi connectivity index (χ4v) is 3.99. The Hall–Kier alpha value is -1.15. The molecule has 0 radical (unpaired) electrons. The van der Waals surface area contributed by atoms with E-state index >= 15 is 0 Å². The maximum Gasteiger partial charge on any atom is 0.167 e. The van der Waals surface area contributed by atoms with Crippen LogP contribution >= 0.6 is 11.3 Å². The number of rotatable bonds is 2. The molecule has 2 heteroatoms. The molecule has 1 fully saturated rings. The normalized spacial score (nSPS) is 19.7. The maximum absolute atomic E-state index is 12.7. The number of carbonyl (C=O) groups is 1. The standard InChI is InChI=1S/C17H20OS/c1-17(2)9-6-12(7-10-17)15(18)14-5-3-4-13-8-11-19-16(13)14/h3-5,8,11-12H,6-7,9-10H2,1-2H3. The maximum atomic E-state index is 12.7. The first-order chi connectivity index (χ1) is 9.07. The molecule has 3 rings (SSSR count). The highest BCUT2D eigenvalue weighted by Crippen LogP contribution is 2.40. The number of fused-ring (bicyclic) bond motifs is 1. The molecular formula is C17H20OS. The van der Waals surface area contributed by atoms with Crippen molar-refractivity contribution in [1.82, 2.24) is 0 Å². The van der Waals surface area contributed by atoms with Gasteiger partial charge in [-0.05, 0) is 54.0 Å². The van der Waals surface area contributed by atoms with Crippen LogP contribution in [0.4, 0.5) is 0 Å². The molecule has 0 unspecified atom stereocenters. The van der Waals surface area contributed by atoms with Crippen molar-refractivity contribution in [2.24, 2.45) is 11.3 Å². The van der Waals surface area contributed by atoms with Gasteiger partial charge in [-0.2, -0.15) is 0 Å². The molecule has 0 bridgehead atoms. The summed E-state index contributed by atoms with van der Waals surface area (Å²) in [4.78, 5) is 12.7. The number of ketones is 1. The lowest BCUT2D eigenvalue weighted by atomic mass is 9.71. The molecule has 0 amide bonds. The SMILES string of the molecule is CC1(C)CCC(C(=O)c2cccc3ccsc23)CC1. The van der Waals surface area contributed by atoms with Gasteiger partial charge in [0.05, 0.1) is 0 Å². The second kappa shape index (κ2) is 4.75. The first-order valence-electron chi connectivity index (χ1n) is 7.07. The van der Waals surface area contributed by atoms with Crippen LogP contribution in [0.1, 0.15) is 49.9 Å². The predicted molar refractivity (Wildman–Crippen MR) is 81.9 cm³/mol. The minimum Gasteiger partial charge on any atom is -0.294 e. The van der Waals surface area contributed by atoms with E-state index in [1.165, 1.54) is 18.2 Å². The summed E-state index contributed by atoms with van der Waals surface area (Å²) in [6.07, 6.45) is 4.44. The van der Waals surface area contributed by atoms with Crippen LogP contribution in [0.3, 0.4) is 0 Å². The molecule has 1 aromatic carbocycles. The number of carbonyl (C=O) groups excluding carboxylic acids is 1. The van der Waals surface area contributed by atoms with Crippen LogP contribution in [0.25, 0.3) is 10.1 Å². The summed E-state index contributed by atoms with van der Waals surface area (Å²) in [6, 6.07) is 8.20. The van der Waals surface area contributed by atoms with E-state index in [9.17, 15) is 4.79 Å². The zero-order chi connectivity index (χ0) is 13.5. The van der Waals surface area contributed by atoms with Gasteiger partial charge in [0.25, 0.3) is 0 Å². The second-order valence-electron chi connectivity index (χ2n) is 6.45. The van der Waals surface area contributed by atoms with Gasteiger partial charge < -0.3 is 0 Å². The van der Waals surface area contributed by atoms with E-state index in [1.807, 2.05) is 12.1 Å². The molecule has 0 N–H and O–H groups in total. The third-order valence-electron chi connectivity index (χ3n) is 4.45. The van der Waals surface area contributed by atoms with Gasteiger partial charge in [0, 0.05) is 16.2 Å². The summed E-state index contributed by atoms with van der Waals surface area (Å²) in [6.45, 7) is 4.63. The van der Waals surface area contributed by atoms with E-state index in [0.29, 0.717) is 11.2 Å². The van der Waals surface area contributed by atoms with Gasteiger partial charge >= 0.3 is 0 Å². The highest BCUT2D eigenvalue weighted by molar-refractivity contribution is 7.17. The zero-order valence-electron chi connectivity index (χ0n) is 11.6. The fourth-order valence-electron chi connectivity index (χ4n) is 3.07. The first-order valence-corrected chi connectivity index (χ1v) is 7.95. The summed E-state index contributed by atoms with van der Waals surface area (Å²) in [7, 11) is 0. The molecule has 0 spiro atoms. The largest absolute Gasteiger partial charge is 0.294 e. The molecule has 1 aliphatic rings. The number of Topliss-reactive ketones (excluding diaryl/α,β-unsaturated/α-hetero) is 1. The van der Waals surface area contributed by atoms with Crippen molar-refractivity contribution in [3.63, 3.8) is 0 Å². The van der Waals surface area contributed by atoms with Crippen LogP contribution in [-0.4, -0.2) is 5.78 Å². The summed E-state index contributed by atoms with van der Waals surface area (Å²) in [5, 5.41) is 3.28. The van der Waals surface area contributed by atoms with E-state index in [1.54, 1.807) is 11.3 Å². The Morgan fingerprint density at radius 3 is 2.68 bits per heavy atom. The molecule has 0 atom stereocenters. The molecule has 2 aromatic rings. The molecule has 1 aromatic heterocycles. The van der Waals surface area contributed by atoms with Crippen molar-refractivity contribution in [3.05, 3.63) is 35.2 Å². The highest BCUT2D eigenvalue weighted by atomic mass is 32.1. The molecule has 19 heavy (non-hydrogen) atoms. The minimum absolute atomic E-state index is 0.237. The van der Waals surface area contributed by atoms with Crippen molar-refractivity contribution < 1.29 is 4.79 Å². The summed E-state index contributed by atoms with van der Waals surface area (Å²) in [5.74, 6) is 0.601. The molecular weight excluding hydrogens is 252 g/mol. The van der Waals surface area contributed by atoms with E-state index < -0.39 is 0 Å². The van der Waals surface area contributed by atoms with Crippen LogP contribution in [-0.2, 0) is 0 Å². The highest BCUT2D eigenvalue weighted by Gasteiger charge is 2.31. The van der Waals surface area contributed by atoms with Gasteiger partial charge in [0.2, 0.25) is 0 Å². The molecule has 0 aliphatic heterocycles. The van der Waals surface area contributed by atoms with Crippen molar-refractivity contribution in [3.8, 4) is 0 Å². The second-order valence-corrected chi connectivity index (χ2v) is 7.36. The molecule has 1 nitrogen and oxygen atoms in total. The van der Waals surface area contributed by atoms with Crippen molar-refractivity contribution in [2.75, 3.05) is 0 Å². The Labute approximate surface area is 118 Å². The van der Waals surface area contributed by atoms with Crippen LogP contribution in [0.2, 0.25) is 0 Å². The van der Waals surface area contributed by atoms with Crippen LogP contribution in [0, 0.1) is 11.3 Å². The molecule has 1 saturated carbocycles. The van der Waals surface area contributed by atoms with Gasteiger partial charge in [-0.15, -0.1) is 11.3 Å². The average molecular weight is 272 g/mol. The molecule has 100 valence electrons. The van der Waals surface area contributed by atoms with Gasteiger partial charge in [0.1, 0.15) is 0 Å². The molecule has 1 heterocycles. The monoisotopic (exact) mass is 272 g/mol. The van der Waals surface area contributed by atoms with E-state index in [4.69, 9.17) is 0 Å². The number of thiophene rings is 1. The Balaban J connectivity index is 1.87. The first kappa shape index (κ1) is 12.9. The van der Waals surface area contributed by atoms with Crippen LogP contribution < -0.4 is 0 Å². The predicted octanol–water partition coefficient (Wildman–Crippen LogP) is 5.30. The van der Waals surface area contributed by atoms with E-state index in [0.717, 1.165) is 23.1 Å². The van der Waals surface area contributed by atoms with Crippen molar-refractivity contribution in [2.45, 2.75) is 39.5 Å². The molecule has 0 saturated heterocycles. The lowest BCUT2D eigenvalue weighted by molar-refractivity contribution is 0.0840. The third-order valence-corrected chi connectivity index (χ3v) is 5.42. The summed E-state index contributed by atoms with van der Waals surface area (Å²) in [5.41, 5.74) is 1.36. The number of hydrogen-bond donors (Lipinski definition) is 0.